The second-order valence-corrected chi connectivity index (χ2v) is 5.81. The van der Waals surface area contributed by atoms with Crippen molar-refractivity contribution in [2.45, 2.75) is 6.42 Å². The summed E-state index contributed by atoms with van der Waals surface area (Å²) in [5, 5.41) is 4.55. The van der Waals surface area contributed by atoms with Gasteiger partial charge in [-0.15, -0.1) is 0 Å². The van der Waals surface area contributed by atoms with E-state index in [9.17, 15) is 0 Å². The molecule has 4 aromatic rings. The zero-order chi connectivity index (χ0) is 17.9. The van der Waals surface area contributed by atoms with Gasteiger partial charge < -0.3 is 10.3 Å². The summed E-state index contributed by atoms with van der Waals surface area (Å²) < 4.78 is 5.24. The molecular weight excluding hydrogens is 354 g/mol. The largest absolute Gasteiger partial charge is 0.368 e. The zero-order valence-electron chi connectivity index (χ0n) is 13.4. The van der Waals surface area contributed by atoms with Gasteiger partial charge in [-0.05, 0) is 29.8 Å². The topological polar surface area (TPSA) is 116 Å². The van der Waals surface area contributed by atoms with E-state index in [1.807, 2.05) is 24.3 Å². The van der Waals surface area contributed by atoms with Crippen molar-refractivity contribution in [1.82, 2.24) is 30.1 Å². The normalized spacial score (nSPS) is 10.8. The number of hydrogen-bond donors (Lipinski definition) is 1. The first-order valence-corrected chi connectivity index (χ1v) is 8.05. The molecule has 0 radical (unpaired) electrons. The van der Waals surface area contributed by atoms with Crippen molar-refractivity contribution < 1.29 is 4.52 Å². The summed E-state index contributed by atoms with van der Waals surface area (Å²) in [5.41, 5.74) is 7.33. The zero-order valence-corrected chi connectivity index (χ0v) is 14.1. The molecule has 2 N–H and O–H groups in total. The lowest BCUT2D eigenvalue weighted by Crippen LogP contribution is -2.06. The number of nitrogens with zero attached hydrogens (tertiary/aromatic N) is 6. The lowest BCUT2D eigenvalue weighted by molar-refractivity contribution is 0.430. The Kier molecular flexibility index (Phi) is 4.24. The fourth-order valence-corrected chi connectivity index (χ4v) is 2.57. The van der Waals surface area contributed by atoms with Crippen molar-refractivity contribution in [2.75, 3.05) is 5.73 Å². The SMILES string of the molecule is Nc1nc(Cc2cccc(Cl)c2)nc(-c2noc(-c3ccccn3)n2)n1. The Hall–Kier alpha value is -3.39. The third-order valence-electron chi connectivity index (χ3n) is 3.46. The van der Waals surface area contributed by atoms with E-state index in [4.69, 9.17) is 21.9 Å². The molecule has 26 heavy (non-hydrogen) atoms. The number of hydrogen-bond acceptors (Lipinski definition) is 8. The second kappa shape index (κ2) is 6.85. The van der Waals surface area contributed by atoms with Crippen LogP contribution in [0.25, 0.3) is 23.2 Å². The van der Waals surface area contributed by atoms with Crippen LogP contribution in [0.1, 0.15) is 11.4 Å². The summed E-state index contributed by atoms with van der Waals surface area (Å²) in [6.45, 7) is 0. The standard InChI is InChI=1S/C17H12ClN7O/c18-11-5-3-4-10(8-11)9-13-21-14(24-17(19)22-13)15-23-16(26-25-15)12-6-1-2-7-20-12/h1-8H,9H2,(H2,19,21,22,24). The molecule has 0 bridgehead atoms. The average Bonchev–Trinajstić information content (AvgIpc) is 3.12. The van der Waals surface area contributed by atoms with Gasteiger partial charge in [0.05, 0.1) is 0 Å². The molecule has 0 aliphatic carbocycles. The molecule has 0 saturated heterocycles. The van der Waals surface area contributed by atoms with Crippen molar-refractivity contribution in [2.24, 2.45) is 0 Å². The van der Waals surface area contributed by atoms with E-state index in [1.165, 1.54) is 0 Å². The molecule has 3 aromatic heterocycles. The van der Waals surface area contributed by atoms with E-state index < -0.39 is 0 Å². The summed E-state index contributed by atoms with van der Waals surface area (Å²) in [6.07, 6.45) is 2.09. The third-order valence-corrected chi connectivity index (χ3v) is 3.70. The van der Waals surface area contributed by atoms with Gasteiger partial charge in [-0.25, -0.2) is 4.98 Å². The van der Waals surface area contributed by atoms with Crippen LogP contribution in [0, 0.1) is 0 Å². The van der Waals surface area contributed by atoms with Crippen molar-refractivity contribution >= 4 is 17.5 Å². The molecule has 0 saturated carbocycles. The van der Waals surface area contributed by atoms with Gasteiger partial charge in [0.15, 0.2) is 0 Å². The van der Waals surface area contributed by atoms with Crippen molar-refractivity contribution in [3.8, 4) is 23.2 Å². The predicted octanol–water partition coefficient (Wildman–Crippen LogP) is 2.81. The fourth-order valence-electron chi connectivity index (χ4n) is 2.35. The quantitative estimate of drug-likeness (QED) is 0.586. The first-order chi connectivity index (χ1) is 12.7. The maximum atomic E-state index is 6.01. The minimum Gasteiger partial charge on any atom is -0.368 e. The molecule has 0 aliphatic heterocycles. The van der Waals surface area contributed by atoms with Crippen molar-refractivity contribution in [3.05, 3.63) is 65.1 Å². The summed E-state index contributed by atoms with van der Waals surface area (Å²) in [5.74, 6) is 1.29. The Balaban J connectivity index is 1.65. The summed E-state index contributed by atoms with van der Waals surface area (Å²) >= 11 is 6.01. The monoisotopic (exact) mass is 365 g/mol. The number of rotatable bonds is 4. The Morgan fingerprint density at radius 2 is 1.88 bits per heavy atom. The minimum absolute atomic E-state index is 0.0798. The molecule has 0 unspecified atom stereocenters. The van der Waals surface area contributed by atoms with Crippen LogP contribution in [0.2, 0.25) is 5.02 Å². The first kappa shape index (κ1) is 16.1. The number of aromatic nitrogens is 6. The lowest BCUT2D eigenvalue weighted by Gasteiger charge is -2.03. The number of benzene rings is 1. The van der Waals surface area contributed by atoms with Gasteiger partial charge in [0.1, 0.15) is 11.5 Å². The Morgan fingerprint density at radius 1 is 0.962 bits per heavy atom. The van der Waals surface area contributed by atoms with Crippen LogP contribution in [0.15, 0.2) is 53.2 Å². The Labute approximate surface area is 153 Å². The molecule has 3 heterocycles. The van der Waals surface area contributed by atoms with Crippen LogP contribution in [0.3, 0.4) is 0 Å². The Morgan fingerprint density at radius 3 is 2.69 bits per heavy atom. The summed E-state index contributed by atoms with van der Waals surface area (Å²) in [7, 11) is 0. The molecule has 4 rings (SSSR count). The number of nitrogens with two attached hydrogens (primary N) is 1. The maximum absolute atomic E-state index is 6.01. The van der Waals surface area contributed by atoms with Gasteiger partial charge >= 0.3 is 0 Å². The highest BCUT2D eigenvalue weighted by molar-refractivity contribution is 6.30. The van der Waals surface area contributed by atoms with Crippen molar-refractivity contribution in [3.63, 3.8) is 0 Å². The van der Waals surface area contributed by atoms with Gasteiger partial charge in [0, 0.05) is 17.6 Å². The number of anilines is 1. The number of pyridine rings is 1. The van der Waals surface area contributed by atoms with Gasteiger partial charge in [-0.3, -0.25) is 4.98 Å². The molecule has 0 aliphatic rings. The van der Waals surface area contributed by atoms with Gasteiger partial charge in [-0.1, -0.05) is 35.0 Å². The highest BCUT2D eigenvalue weighted by atomic mass is 35.5. The van der Waals surface area contributed by atoms with Gasteiger partial charge in [0.2, 0.25) is 17.6 Å². The molecule has 0 atom stereocenters. The van der Waals surface area contributed by atoms with E-state index in [2.05, 4.69) is 30.1 Å². The lowest BCUT2D eigenvalue weighted by atomic mass is 10.1. The summed E-state index contributed by atoms with van der Waals surface area (Å²) in [4.78, 5) is 21.1. The van der Waals surface area contributed by atoms with E-state index >= 15 is 0 Å². The molecule has 0 fully saturated rings. The van der Waals surface area contributed by atoms with E-state index in [-0.39, 0.29) is 23.5 Å². The van der Waals surface area contributed by atoms with Crippen LogP contribution in [-0.4, -0.2) is 30.1 Å². The van der Waals surface area contributed by atoms with E-state index in [1.54, 1.807) is 24.4 Å². The van der Waals surface area contributed by atoms with Gasteiger partial charge in [-0.2, -0.15) is 15.0 Å². The highest BCUT2D eigenvalue weighted by Crippen LogP contribution is 2.19. The van der Waals surface area contributed by atoms with Crippen molar-refractivity contribution in [1.29, 1.82) is 0 Å². The Bertz CT molecular complexity index is 1050. The molecule has 9 heteroatoms. The van der Waals surface area contributed by atoms with Crippen LogP contribution >= 0.6 is 11.6 Å². The van der Waals surface area contributed by atoms with Crippen LogP contribution in [0.4, 0.5) is 5.95 Å². The van der Waals surface area contributed by atoms with E-state index in [0.717, 1.165) is 5.56 Å². The molecule has 0 amide bonds. The average molecular weight is 366 g/mol. The fraction of sp³-hybridized carbons (Fsp3) is 0.0588. The minimum atomic E-state index is 0.0798. The van der Waals surface area contributed by atoms with Crippen LogP contribution in [-0.2, 0) is 6.42 Å². The number of halogens is 1. The molecule has 0 spiro atoms. The predicted molar refractivity (Wildman–Crippen MR) is 95.0 cm³/mol. The smallest absolute Gasteiger partial charge is 0.276 e. The van der Waals surface area contributed by atoms with Gasteiger partial charge in [0.25, 0.3) is 5.89 Å². The molecule has 128 valence electrons. The van der Waals surface area contributed by atoms with E-state index in [0.29, 0.717) is 23.0 Å². The second-order valence-electron chi connectivity index (χ2n) is 5.38. The molecule has 1 aromatic carbocycles. The highest BCUT2D eigenvalue weighted by Gasteiger charge is 2.16. The maximum Gasteiger partial charge on any atom is 0.276 e. The van der Waals surface area contributed by atoms with Crippen LogP contribution < -0.4 is 5.73 Å². The first-order valence-electron chi connectivity index (χ1n) is 7.68. The molecule has 8 nitrogen and oxygen atoms in total. The number of nitrogen functional groups attached to an aromatic ring is 1. The summed E-state index contributed by atoms with van der Waals surface area (Å²) in [6, 6.07) is 12.8. The third kappa shape index (κ3) is 3.50. The molecular formula is C17H12ClN7O. The van der Waals surface area contributed by atoms with Crippen LogP contribution in [0.5, 0.6) is 0 Å².